The topological polar surface area (TPSA) is 12.9 Å². The largest absolute Gasteiger partial charge is 0.266 e. The summed E-state index contributed by atoms with van der Waals surface area (Å²) in [5, 5.41) is 0. The summed E-state index contributed by atoms with van der Waals surface area (Å²) in [6.45, 7) is 0. The SMILES string of the molecule is Fc1ccc(Cc2cccnc2)cc1C(F)F. The highest BCUT2D eigenvalue weighted by Crippen LogP contribution is 2.23. The molecule has 0 saturated heterocycles. The lowest BCUT2D eigenvalue weighted by molar-refractivity contribution is 0.146. The van der Waals surface area contributed by atoms with Gasteiger partial charge in [-0.1, -0.05) is 12.1 Å². The van der Waals surface area contributed by atoms with Crippen LogP contribution in [0.5, 0.6) is 0 Å². The molecule has 4 heteroatoms. The molecule has 0 spiro atoms. The van der Waals surface area contributed by atoms with Crippen molar-refractivity contribution < 1.29 is 13.2 Å². The molecule has 88 valence electrons. The summed E-state index contributed by atoms with van der Waals surface area (Å²) in [5.74, 6) is -0.866. The monoisotopic (exact) mass is 237 g/mol. The first-order valence-corrected chi connectivity index (χ1v) is 5.12. The van der Waals surface area contributed by atoms with Crippen molar-refractivity contribution in [1.82, 2.24) is 4.98 Å². The molecule has 0 fully saturated rings. The molecule has 0 radical (unpaired) electrons. The van der Waals surface area contributed by atoms with Crippen LogP contribution < -0.4 is 0 Å². The Kier molecular flexibility index (Phi) is 3.42. The van der Waals surface area contributed by atoms with Gasteiger partial charge in [-0.15, -0.1) is 0 Å². The first kappa shape index (κ1) is 11.6. The second kappa shape index (κ2) is 4.99. The third-order valence-electron chi connectivity index (χ3n) is 2.43. The van der Waals surface area contributed by atoms with E-state index in [1.54, 1.807) is 18.5 Å². The average molecular weight is 237 g/mol. The van der Waals surface area contributed by atoms with Crippen molar-refractivity contribution >= 4 is 0 Å². The zero-order valence-electron chi connectivity index (χ0n) is 8.91. The summed E-state index contributed by atoms with van der Waals surface area (Å²) in [6.07, 6.45) is 0.974. The number of alkyl halides is 2. The second-order valence-corrected chi connectivity index (χ2v) is 3.69. The third kappa shape index (κ3) is 2.84. The summed E-state index contributed by atoms with van der Waals surface area (Å²) in [5.41, 5.74) is 1.00. The van der Waals surface area contributed by atoms with Gasteiger partial charge < -0.3 is 0 Å². The predicted molar refractivity (Wildman–Crippen MR) is 58.4 cm³/mol. The minimum Gasteiger partial charge on any atom is -0.264 e. The zero-order valence-corrected chi connectivity index (χ0v) is 8.91. The van der Waals surface area contributed by atoms with E-state index in [4.69, 9.17) is 0 Å². The average Bonchev–Trinajstić information content (AvgIpc) is 2.32. The standard InChI is InChI=1S/C13H10F3N/c14-12-4-3-9(7-11(12)13(15)16)6-10-2-1-5-17-8-10/h1-5,7-8,13H,6H2. The van der Waals surface area contributed by atoms with Crippen molar-refractivity contribution in [2.75, 3.05) is 0 Å². The molecule has 0 aliphatic heterocycles. The number of rotatable bonds is 3. The Morgan fingerprint density at radius 3 is 2.59 bits per heavy atom. The maximum absolute atomic E-state index is 13.1. The number of benzene rings is 1. The highest BCUT2D eigenvalue weighted by atomic mass is 19.3. The summed E-state index contributed by atoms with van der Waals surface area (Å²) in [7, 11) is 0. The van der Waals surface area contributed by atoms with Crippen molar-refractivity contribution in [2.24, 2.45) is 0 Å². The Balaban J connectivity index is 2.26. The number of pyridine rings is 1. The van der Waals surface area contributed by atoms with E-state index >= 15 is 0 Å². The smallest absolute Gasteiger partial charge is 0.264 e. The highest BCUT2D eigenvalue weighted by Gasteiger charge is 2.13. The molecule has 17 heavy (non-hydrogen) atoms. The zero-order chi connectivity index (χ0) is 12.3. The van der Waals surface area contributed by atoms with Gasteiger partial charge >= 0.3 is 0 Å². The maximum Gasteiger partial charge on any atom is 0.266 e. The van der Waals surface area contributed by atoms with Gasteiger partial charge in [0.25, 0.3) is 6.43 Å². The molecule has 0 bridgehead atoms. The minimum atomic E-state index is -2.79. The van der Waals surface area contributed by atoms with E-state index in [1.807, 2.05) is 6.07 Å². The Hall–Kier alpha value is -1.84. The molecule has 0 saturated carbocycles. The van der Waals surface area contributed by atoms with Crippen molar-refractivity contribution in [3.8, 4) is 0 Å². The quantitative estimate of drug-likeness (QED) is 0.792. The normalized spacial score (nSPS) is 10.8. The Bertz CT molecular complexity index is 497. The summed E-state index contributed by atoms with van der Waals surface area (Å²) >= 11 is 0. The van der Waals surface area contributed by atoms with Gasteiger partial charge in [0.2, 0.25) is 0 Å². The summed E-state index contributed by atoms with van der Waals surface area (Å²) in [4.78, 5) is 3.93. The predicted octanol–water partition coefficient (Wildman–Crippen LogP) is 3.75. The molecule has 0 aliphatic rings. The van der Waals surface area contributed by atoms with Crippen molar-refractivity contribution in [3.63, 3.8) is 0 Å². The molecule has 1 nitrogen and oxygen atoms in total. The van der Waals surface area contributed by atoms with Crippen molar-refractivity contribution in [2.45, 2.75) is 12.8 Å². The Morgan fingerprint density at radius 2 is 1.94 bits per heavy atom. The lowest BCUT2D eigenvalue weighted by Gasteiger charge is -2.06. The van der Waals surface area contributed by atoms with Gasteiger partial charge in [-0.05, 0) is 35.7 Å². The van der Waals surface area contributed by atoms with Crippen LogP contribution in [0.3, 0.4) is 0 Å². The van der Waals surface area contributed by atoms with E-state index < -0.39 is 17.8 Å². The lowest BCUT2D eigenvalue weighted by atomic mass is 10.0. The number of hydrogen-bond donors (Lipinski definition) is 0. The van der Waals surface area contributed by atoms with Gasteiger partial charge in [0.05, 0.1) is 5.56 Å². The van der Waals surface area contributed by atoms with Crippen LogP contribution >= 0.6 is 0 Å². The number of hydrogen-bond acceptors (Lipinski definition) is 1. The van der Waals surface area contributed by atoms with Gasteiger partial charge in [-0.2, -0.15) is 0 Å². The fourth-order valence-electron chi connectivity index (χ4n) is 1.61. The van der Waals surface area contributed by atoms with Gasteiger partial charge in [0.15, 0.2) is 0 Å². The van der Waals surface area contributed by atoms with Crippen LogP contribution in [0.1, 0.15) is 23.1 Å². The van der Waals surface area contributed by atoms with Crippen LogP contribution in [-0.4, -0.2) is 4.98 Å². The Morgan fingerprint density at radius 1 is 1.12 bits per heavy atom. The molecule has 2 aromatic rings. The molecule has 0 aliphatic carbocycles. The van der Waals surface area contributed by atoms with E-state index in [-0.39, 0.29) is 0 Å². The van der Waals surface area contributed by atoms with Crippen LogP contribution in [0, 0.1) is 5.82 Å². The van der Waals surface area contributed by atoms with Crippen LogP contribution in [-0.2, 0) is 6.42 Å². The van der Waals surface area contributed by atoms with Crippen molar-refractivity contribution in [1.29, 1.82) is 0 Å². The van der Waals surface area contributed by atoms with Gasteiger partial charge in [0, 0.05) is 12.4 Å². The Labute approximate surface area is 96.9 Å². The van der Waals surface area contributed by atoms with Crippen LogP contribution in [0.4, 0.5) is 13.2 Å². The third-order valence-corrected chi connectivity index (χ3v) is 2.43. The van der Waals surface area contributed by atoms with Gasteiger partial charge in [-0.3, -0.25) is 4.98 Å². The minimum absolute atomic E-state index is 0.466. The molecule has 2 rings (SSSR count). The molecular weight excluding hydrogens is 227 g/mol. The lowest BCUT2D eigenvalue weighted by Crippen LogP contribution is -1.95. The van der Waals surface area contributed by atoms with Crippen LogP contribution in [0.15, 0.2) is 42.7 Å². The molecular formula is C13H10F3N. The molecule has 1 heterocycles. The molecule has 1 aromatic carbocycles. The summed E-state index contributed by atoms with van der Waals surface area (Å²) < 4.78 is 38.1. The molecule has 0 N–H and O–H groups in total. The van der Waals surface area contributed by atoms with E-state index in [0.29, 0.717) is 12.0 Å². The number of halogens is 3. The number of nitrogens with zero attached hydrogens (tertiary/aromatic N) is 1. The highest BCUT2D eigenvalue weighted by molar-refractivity contribution is 5.30. The molecule has 0 atom stereocenters. The fraction of sp³-hybridized carbons (Fsp3) is 0.154. The summed E-state index contributed by atoms with van der Waals surface area (Å²) in [6, 6.07) is 7.40. The number of aromatic nitrogens is 1. The van der Waals surface area contributed by atoms with E-state index in [1.165, 1.54) is 12.1 Å². The van der Waals surface area contributed by atoms with E-state index in [9.17, 15) is 13.2 Å². The first-order valence-electron chi connectivity index (χ1n) is 5.12. The molecule has 1 aromatic heterocycles. The fourth-order valence-corrected chi connectivity index (χ4v) is 1.61. The maximum atomic E-state index is 13.1. The van der Waals surface area contributed by atoms with E-state index in [0.717, 1.165) is 11.6 Å². The first-order chi connectivity index (χ1) is 8.16. The molecule has 0 unspecified atom stereocenters. The second-order valence-electron chi connectivity index (χ2n) is 3.69. The molecule has 0 amide bonds. The van der Waals surface area contributed by atoms with Gasteiger partial charge in [0.1, 0.15) is 5.82 Å². The van der Waals surface area contributed by atoms with E-state index in [2.05, 4.69) is 4.98 Å². The van der Waals surface area contributed by atoms with Crippen molar-refractivity contribution in [3.05, 3.63) is 65.2 Å². The van der Waals surface area contributed by atoms with Crippen LogP contribution in [0.2, 0.25) is 0 Å². The van der Waals surface area contributed by atoms with Crippen LogP contribution in [0.25, 0.3) is 0 Å². The van der Waals surface area contributed by atoms with Gasteiger partial charge in [-0.25, -0.2) is 13.2 Å².